The fraction of sp³-hybridized carbons (Fsp3) is 0.794. The van der Waals surface area contributed by atoms with Crippen molar-refractivity contribution in [2.75, 3.05) is 19.6 Å². The first-order valence-corrected chi connectivity index (χ1v) is 17.9. The third-order valence-corrected chi connectivity index (χ3v) is 8.67. The van der Waals surface area contributed by atoms with Gasteiger partial charge in [0.1, 0.15) is 30.5 Å². The number of carbonyl (C=O) groups excluding carboxylic acids is 6. The number of hydrogen-bond donors (Lipinski definition) is 7. The third-order valence-electron chi connectivity index (χ3n) is 8.67. The molecule has 0 bridgehead atoms. The first-order chi connectivity index (χ1) is 23.1. The molecule has 5 amide bonds. The Kier molecular flexibility index (Phi) is 17.5. The summed E-state index contributed by atoms with van der Waals surface area (Å²) < 4.78 is 0. The molecule has 278 valence electrons. The van der Waals surface area contributed by atoms with Crippen LogP contribution in [0.3, 0.4) is 0 Å². The number of carbonyl (C=O) groups is 6. The lowest BCUT2D eigenvalue weighted by Crippen LogP contribution is -2.59. The monoisotopic (exact) mass is 691 g/mol. The Morgan fingerprint density at radius 2 is 1.41 bits per heavy atom. The molecule has 0 unspecified atom stereocenters. The lowest BCUT2D eigenvalue weighted by molar-refractivity contribution is -0.143. The maximum absolute atomic E-state index is 14.1. The van der Waals surface area contributed by atoms with Crippen LogP contribution in [-0.4, -0.2) is 103 Å². The summed E-state index contributed by atoms with van der Waals surface area (Å²) in [6.45, 7) is 12.9. The summed E-state index contributed by atoms with van der Waals surface area (Å²) in [7, 11) is 0. The van der Waals surface area contributed by atoms with Gasteiger partial charge in [0.25, 0.3) is 0 Å². The van der Waals surface area contributed by atoms with E-state index < -0.39 is 59.9 Å². The molecule has 49 heavy (non-hydrogen) atoms. The lowest BCUT2D eigenvalue weighted by atomic mass is 10.00. The summed E-state index contributed by atoms with van der Waals surface area (Å²) >= 11 is 0. The Morgan fingerprint density at radius 3 is 1.98 bits per heavy atom. The topological polar surface area (TPSA) is 230 Å². The molecule has 6 atom stereocenters. The number of hydrogen-bond acceptors (Lipinski definition) is 8. The van der Waals surface area contributed by atoms with Gasteiger partial charge in [0.2, 0.25) is 29.5 Å². The summed E-state index contributed by atoms with van der Waals surface area (Å²) in [6, 6.07) is -4.65. The number of aliphatic imine (C=N–C) groups is 1. The van der Waals surface area contributed by atoms with Crippen molar-refractivity contribution >= 4 is 41.8 Å². The molecule has 2 fully saturated rings. The molecule has 0 aromatic rings. The summed E-state index contributed by atoms with van der Waals surface area (Å²) in [5, 5.41) is 14.5. The zero-order valence-corrected chi connectivity index (χ0v) is 30.3. The Bertz CT molecular complexity index is 1150. The predicted octanol–water partition coefficient (Wildman–Crippen LogP) is 0.0594. The van der Waals surface area contributed by atoms with Gasteiger partial charge in [0, 0.05) is 13.1 Å². The second-order valence-electron chi connectivity index (χ2n) is 14.6. The first kappa shape index (κ1) is 41.4. The summed E-state index contributed by atoms with van der Waals surface area (Å²) in [4.78, 5) is 84.7. The second-order valence-corrected chi connectivity index (χ2v) is 14.6. The highest BCUT2D eigenvalue weighted by molar-refractivity contribution is 5.96. The van der Waals surface area contributed by atoms with Gasteiger partial charge in [-0.05, 0) is 82.1 Å². The van der Waals surface area contributed by atoms with Gasteiger partial charge in [-0.15, -0.1) is 0 Å². The van der Waals surface area contributed by atoms with Crippen LogP contribution < -0.4 is 38.1 Å². The summed E-state index contributed by atoms with van der Waals surface area (Å²) in [5.74, 6) is -1.88. The van der Waals surface area contributed by atoms with Crippen molar-refractivity contribution in [2.24, 2.45) is 34.2 Å². The number of nitrogens with two attached hydrogens (primary N) is 2. The zero-order chi connectivity index (χ0) is 36.7. The molecule has 2 saturated heterocycles. The van der Waals surface area contributed by atoms with E-state index in [1.807, 2.05) is 41.5 Å². The molecule has 0 radical (unpaired) electrons. The van der Waals surface area contributed by atoms with Crippen molar-refractivity contribution in [3.63, 3.8) is 0 Å². The standard InChI is InChI=1S/C34H61N9O6/c1-20(2)16-23(19-44)39-31(47)26(17-21(3)4)41-32(48)28-12-9-15-43(28)33(49)27(18-22(5)6)42-30(46)25(11-8-14-38-34(35)36)40-29(45)24-10-7-13-37-24/h19-28,37H,7-18H2,1-6H3,(H,39,47)(H,40,45)(H,41,48)(H,42,46)(H4,35,36,38)/t23-,24-,25-,26-,27-,28-/m0/s1. The van der Waals surface area contributed by atoms with Gasteiger partial charge >= 0.3 is 0 Å². The van der Waals surface area contributed by atoms with E-state index in [2.05, 4.69) is 31.6 Å². The van der Waals surface area contributed by atoms with E-state index >= 15 is 0 Å². The van der Waals surface area contributed by atoms with Gasteiger partial charge in [-0.25, -0.2) is 0 Å². The smallest absolute Gasteiger partial charge is 0.245 e. The van der Waals surface area contributed by atoms with Crippen LogP contribution in [0.5, 0.6) is 0 Å². The van der Waals surface area contributed by atoms with E-state index in [0.717, 1.165) is 13.0 Å². The zero-order valence-electron chi connectivity index (χ0n) is 30.3. The van der Waals surface area contributed by atoms with Crippen LogP contribution >= 0.6 is 0 Å². The maximum atomic E-state index is 14.1. The number of aldehydes is 1. The van der Waals surface area contributed by atoms with Crippen LogP contribution in [0.15, 0.2) is 4.99 Å². The van der Waals surface area contributed by atoms with Gasteiger partial charge in [0.05, 0.1) is 12.1 Å². The van der Waals surface area contributed by atoms with Gasteiger partial charge in [-0.1, -0.05) is 41.5 Å². The second kappa shape index (κ2) is 20.7. The predicted molar refractivity (Wildman–Crippen MR) is 188 cm³/mol. The minimum atomic E-state index is -0.943. The molecule has 9 N–H and O–H groups in total. The number of amides is 5. The molecule has 0 spiro atoms. The molecule has 15 nitrogen and oxygen atoms in total. The van der Waals surface area contributed by atoms with Gasteiger partial charge < -0.3 is 47.7 Å². The van der Waals surface area contributed by atoms with E-state index in [1.54, 1.807) is 0 Å². The lowest BCUT2D eigenvalue weighted by Gasteiger charge is -2.31. The van der Waals surface area contributed by atoms with Crippen molar-refractivity contribution in [2.45, 2.75) is 136 Å². The Hall–Kier alpha value is -3.75. The molecule has 0 aliphatic carbocycles. The van der Waals surface area contributed by atoms with Gasteiger partial charge in [0.15, 0.2) is 5.96 Å². The fourth-order valence-electron chi connectivity index (χ4n) is 6.33. The number of nitrogens with one attached hydrogen (secondary N) is 5. The van der Waals surface area contributed by atoms with Crippen LogP contribution in [0.4, 0.5) is 0 Å². The van der Waals surface area contributed by atoms with Crippen molar-refractivity contribution < 1.29 is 28.8 Å². The summed E-state index contributed by atoms with van der Waals surface area (Å²) in [5.41, 5.74) is 10.9. The quantitative estimate of drug-likeness (QED) is 0.0396. The molecule has 2 heterocycles. The van der Waals surface area contributed by atoms with Crippen LogP contribution in [-0.2, 0) is 28.8 Å². The average molecular weight is 692 g/mol. The van der Waals surface area contributed by atoms with E-state index in [0.29, 0.717) is 57.8 Å². The maximum Gasteiger partial charge on any atom is 0.245 e. The average Bonchev–Trinajstić information content (AvgIpc) is 3.73. The third kappa shape index (κ3) is 14.3. The van der Waals surface area contributed by atoms with Crippen LogP contribution in [0, 0.1) is 17.8 Å². The van der Waals surface area contributed by atoms with Gasteiger partial charge in [-0.2, -0.15) is 0 Å². The Balaban J connectivity index is 2.21. The molecule has 2 rings (SSSR count). The van der Waals surface area contributed by atoms with Crippen molar-refractivity contribution in [3.8, 4) is 0 Å². The number of likely N-dealkylation sites (tertiary alicyclic amines) is 1. The van der Waals surface area contributed by atoms with Gasteiger partial charge in [-0.3, -0.25) is 29.0 Å². The minimum absolute atomic E-state index is 0.0254. The molecular formula is C34H61N9O6. The highest BCUT2D eigenvalue weighted by Crippen LogP contribution is 2.21. The highest BCUT2D eigenvalue weighted by Gasteiger charge is 2.40. The number of rotatable bonds is 20. The van der Waals surface area contributed by atoms with Crippen molar-refractivity contribution in [3.05, 3.63) is 0 Å². The largest absolute Gasteiger partial charge is 0.370 e. The van der Waals surface area contributed by atoms with Crippen molar-refractivity contribution in [1.82, 2.24) is 31.5 Å². The SMILES string of the molecule is CC(C)C[C@@H](C=O)NC(=O)[C@H](CC(C)C)NC(=O)[C@@H]1CCCN1C(=O)[C@H](CC(C)C)NC(=O)[C@H](CCCN=C(N)N)NC(=O)[C@@H]1CCCN1. The fourth-order valence-corrected chi connectivity index (χ4v) is 6.33. The molecule has 2 aliphatic rings. The molecule has 0 aromatic carbocycles. The molecular weight excluding hydrogens is 630 g/mol. The van der Waals surface area contributed by atoms with Crippen molar-refractivity contribution in [1.29, 1.82) is 0 Å². The van der Waals surface area contributed by atoms with E-state index in [1.165, 1.54) is 4.90 Å². The van der Waals surface area contributed by atoms with Crippen LogP contribution in [0.1, 0.15) is 99.3 Å². The molecule has 2 aliphatic heterocycles. The number of nitrogens with zero attached hydrogens (tertiary/aromatic N) is 2. The molecule has 15 heteroatoms. The van der Waals surface area contributed by atoms with E-state index in [4.69, 9.17) is 11.5 Å². The summed E-state index contributed by atoms with van der Waals surface area (Å²) in [6.07, 6.45) is 5.01. The first-order valence-electron chi connectivity index (χ1n) is 17.9. The van der Waals surface area contributed by atoms with E-state index in [9.17, 15) is 28.8 Å². The number of guanidine groups is 1. The Labute approximate surface area is 291 Å². The normalized spacial score (nSPS) is 20.0. The van der Waals surface area contributed by atoms with Crippen LogP contribution in [0.2, 0.25) is 0 Å². The molecule has 0 aromatic heterocycles. The van der Waals surface area contributed by atoms with Crippen LogP contribution in [0.25, 0.3) is 0 Å². The Morgan fingerprint density at radius 1 is 0.796 bits per heavy atom. The minimum Gasteiger partial charge on any atom is -0.370 e. The van der Waals surface area contributed by atoms with E-state index in [-0.39, 0.29) is 42.6 Å². The highest BCUT2D eigenvalue weighted by atomic mass is 16.2. The molecule has 0 saturated carbocycles.